The van der Waals surface area contributed by atoms with Gasteiger partial charge in [-0.15, -0.1) is 0 Å². The van der Waals surface area contributed by atoms with E-state index >= 15 is 0 Å². The van der Waals surface area contributed by atoms with Gasteiger partial charge >= 0.3 is 0 Å². The van der Waals surface area contributed by atoms with Crippen LogP contribution in [0.15, 0.2) is 51.5 Å². The highest BCUT2D eigenvalue weighted by Gasteiger charge is 2.22. The SMILES string of the molecule is Oc1ccc([SH]2C=C3OCCOC3=C2)cc1. The van der Waals surface area contributed by atoms with Crippen LogP contribution in [0.1, 0.15) is 0 Å². The van der Waals surface area contributed by atoms with Gasteiger partial charge in [-0.25, -0.2) is 0 Å². The van der Waals surface area contributed by atoms with Crippen molar-refractivity contribution in [3.8, 4) is 5.75 Å². The van der Waals surface area contributed by atoms with E-state index < -0.39 is 10.9 Å². The molecule has 0 saturated carbocycles. The maximum Gasteiger partial charge on any atom is 0.166 e. The first kappa shape index (κ1) is 9.66. The Morgan fingerprint density at radius 2 is 1.50 bits per heavy atom. The van der Waals surface area contributed by atoms with Gasteiger partial charge in [0.05, 0.1) is 0 Å². The van der Waals surface area contributed by atoms with Crippen LogP contribution >= 0.6 is 10.9 Å². The Morgan fingerprint density at radius 1 is 0.938 bits per heavy atom. The third-order valence-electron chi connectivity index (χ3n) is 2.50. The molecule has 0 spiro atoms. The second-order valence-corrected chi connectivity index (χ2v) is 5.45. The van der Waals surface area contributed by atoms with Crippen molar-refractivity contribution in [2.24, 2.45) is 0 Å². The molecule has 0 atom stereocenters. The number of thiol groups is 1. The van der Waals surface area contributed by atoms with Gasteiger partial charge in [0.25, 0.3) is 0 Å². The van der Waals surface area contributed by atoms with Crippen LogP contribution in [0, 0.1) is 0 Å². The predicted octanol–water partition coefficient (Wildman–Crippen LogP) is 2.50. The molecule has 0 aromatic heterocycles. The zero-order chi connectivity index (χ0) is 11.0. The third kappa shape index (κ3) is 1.65. The van der Waals surface area contributed by atoms with Crippen molar-refractivity contribution >= 4 is 10.9 Å². The Morgan fingerprint density at radius 3 is 2.06 bits per heavy atom. The van der Waals surface area contributed by atoms with Crippen molar-refractivity contribution in [1.82, 2.24) is 0 Å². The van der Waals surface area contributed by atoms with Gasteiger partial charge in [0, 0.05) is 10.8 Å². The zero-order valence-electron chi connectivity index (χ0n) is 8.59. The summed E-state index contributed by atoms with van der Waals surface area (Å²) >= 11 is 0. The molecule has 3 rings (SSSR count). The average Bonchev–Trinajstić information content (AvgIpc) is 2.73. The van der Waals surface area contributed by atoms with Crippen LogP contribution in [-0.4, -0.2) is 18.3 Å². The minimum absolute atomic E-state index is 0.295. The molecule has 1 N–H and O–H groups in total. The molecule has 16 heavy (non-hydrogen) atoms. The van der Waals surface area contributed by atoms with Crippen molar-refractivity contribution in [3.63, 3.8) is 0 Å². The molecule has 4 heteroatoms. The van der Waals surface area contributed by atoms with Gasteiger partial charge in [-0.1, -0.05) is 0 Å². The van der Waals surface area contributed by atoms with Crippen LogP contribution in [0.3, 0.4) is 0 Å². The van der Waals surface area contributed by atoms with E-state index in [-0.39, 0.29) is 0 Å². The molecular formula is C12H12O3S. The summed E-state index contributed by atoms with van der Waals surface area (Å²) in [5.74, 6) is 2.03. The number of aromatic hydroxyl groups is 1. The van der Waals surface area contributed by atoms with Gasteiger partial charge in [0.2, 0.25) is 0 Å². The number of benzene rings is 1. The van der Waals surface area contributed by atoms with E-state index in [1.54, 1.807) is 12.1 Å². The van der Waals surface area contributed by atoms with Crippen LogP contribution in [0.2, 0.25) is 0 Å². The van der Waals surface area contributed by atoms with Crippen molar-refractivity contribution in [3.05, 3.63) is 46.6 Å². The second kappa shape index (κ2) is 3.79. The maximum atomic E-state index is 9.23. The molecule has 0 amide bonds. The molecule has 84 valence electrons. The minimum Gasteiger partial charge on any atom is -0.508 e. The quantitative estimate of drug-likeness (QED) is 0.736. The summed E-state index contributed by atoms with van der Waals surface area (Å²) in [6.45, 7) is 1.25. The Balaban J connectivity index is 1.90. The number of phenolic OH excluding ortho intramolecular Hbond substituents is 1. The molecule has 2 heterocycles. The standard InChI is InChI=1S/C12H12O3S/c13-9-1-3-10(4-2-9)16-7-11-12(8-16)15-6-5-14-11/h1-4,7-8,13,16H,5-6H2. The molecule has 1 fully saturated rings. The highest BCUT2D eigenvalue weighted by Crippen LogP contribution is 2.48. The predicted molar refractivity (Wildman–Crippen MR) is 63.4 cm³/mol. The molecule has 1 aromatic carbocycles. The number of ether oxygens (including phenoxy) is 2. The summed E-state index contributed by atoms with van der Waals surface area (Å²) in [5.41, 5.74) is 0. The van der Waals surface area contributed by atoms with Crippen LogP contribution in [0.25, 0.3) is 0 Å². The van der Waals surface area contributed by atoms with Crippen LogP contribution in [0.5, 0.6) is 5.75 Å². The van der Waals surface area contributed by atoms with Gasteiger partial charge in [-0.3, -0.25) is 0 Å². The smallest absolute Gasteiger partial charge is 0.166 e. The molecule has 2 aliphatic rings. The lowest BCUT2D eigenvalue weighted by Crippen LogP contribution is -2.11. The highest BCUT2D eigenvalue weighted by atomic mass is 32.2. The Kier molecular flexibility index (Phi) is 2.29. The monoisotopic (exact) mass is 236 g/mol. The molecule has 0 unspecified atom stereocenters. The number of hydrogen-bond acceptors (Lipinski definition) is 3. The van der Waals surface area contributed by atoms with E-state index in [1.807, 2.05) is 12.1 Å². The largest absolute Gasteiger partial charge is 0.508 e. The van der Waals surface area contributed by atoms with Gasteiger partial charge in [-0.2, -0.15) is 10.9 Å². The van der Waals surface area contributed by atoms with E-state index in [4.69, 9.17) is 9.47 Å². The molecule has 1 aromatic rings. The molecule has 0 aliphatic carbocycles. The van der Waals surface area contributed by atoms with Gasteiger partial charge in [0.1, 0.15) is 19.0 Å². The van der Waals surface area contributed by atoms with Crippen LogP contribution in [0.4, 0.5) is 0 Å². The zero-order valence-corrected chi connectivity index (χ0v) is 9.48. The van der Waals surface area contributed by atoms with Gasteiger partial charge in [0.15, 0.2) is 11.5 Å². The second-order valence-electron chi connectivity index (χ2n) is 3.61. The maximum absolute atomic E-state index is 9.23. The fraction of sp³-hybridized carbons (Fsp3) is 0.167. The summed E-state index contributed by atoms with van der Waals surface area (Å²) in [4.78, 5) is 1.19. The first-order chi connectivity index (χ1) is 7.83. The lowest BCUT2D eigenvalue weighted by atomic mass is 10.3. The van der Waals surface area contributed by atoms with Crippen LogP contribution < -0.4 is 0 Å². The molecular weight excluding hydrogens is 224 g/mol. The normalized spacial score (nSPS) is 20.4. The van der Waals surface area contributed by atoms with Gasteiger partial charge in [-0.05, 0) is 29.2 Å². The van der Waals surface area contributed by atoms with E-state index in [0.717, 1.165) is 11.5 Å². The Bertz CT molecular complexity index is 440. The molecule has 2 aliphatic heterocycles. The van der Waals surface area contributed by atoms with E-state index in [2.05, 4.69) is 10.8 Å². The third-order valence-corrected chi connectivity index (χ3v) is 4.42. The Hall–Kier alpha value is -1.55. The average molecular weight is 236 g/mol. The summed E-state index contributed by atoms with van der Waals surface area (Å²) in [5, 5.41) is 13.4. The summed E-state index contributed by atoms with van der Waals surface area (Å²) in [7, 11) is -0.488. The van der Waals surface area contributed by atoms with Crippen molar-refractivity contribution in [1.29, 1.82) is 0 Å². The number of phenols is 1. The van der Waals surface area contributed by atoms with Crippen molar-refractivity contribution in [2.75, 3.05) is 13.2 Å². The Labute approximate surface area is 96.3 Å². The topological polar surface area (TPSA) is 38.7 Å². The molecule has 1 saturated heterocycles. The number of hydrogen-bond donors (Lipinski definition) is 2. The fourth-order valence-corrected chi connectivity index (χ4v) is 3.49. The lowest BCUT2D eigenvalue weighted by Gasteiger charge is -2.17. The number of fused-ring (bicyclic) bond motifs is 1. The van der Waals surface area contributed by atoms with E-state index in [1.165, 1.54) is 4.90 Å². The van der Waals surface area contributed by atoms with Crippen molar-refractivity contribution < 1.29 is 14.6 Å². The molecule has 3 nitrogen and oxygen atoms in total. The van der Waals surface area contributed by atoms with Crippen molar-refractivity contribution in [2.45, 2.75) is 4.90 Å². The first-order valence-corrected chi connectivity index (χ1v) is 6.58. The summed E-state index contributed by atoms with van der Waals surface area (Å²) < 4.78 is 11.0. The van der Waals surface area contributed by atoms with E-state index in [0.29, 0.717) is 19.0 Å². The number of rotatable bonds is 1. The summed E-state index contributed by atoms with van der Waals surface area (Å²) in [6.07, 6.45) is 0. The summed E-state index contributed by atoms with van der Waals surface area (Å²) in [6, 6.07) is 7.29. The van der Waals surface area contributed by atoms with Gasteiger partial charge < -0.3 is 14.6 Å². The fourth-order valence-electron chi connectivity index (χ4n) is 1.71. The van der Waals surface area contributed by atoms with E-state index in [9.17, 15) is 5.11 Å². The minimum atomic E-state index is -0.488. The highest BCUT2D eigenvalue weighted by molar-refractivity contribution is 8.22. The molecule has 0 bridgehead atoms. The molecule has 0 radical (unpaired) electrons. The lowest BCUT2D eigenvalue weighted by molar-refractivity contribution is 0.0614. The first-order valence-electron chi connectivity index (χ1n) is 5.10. The van der Waals surface area contributed by atoms with Crippen LogP contribution in [-0.2, 0) is 9.47 Å².